The number of hydrogen-bond donors (Lipinski definition) is 2. The molecule has 3 aromatic heterocycles. The maximum atomic E-state index is 12.8. The third kappa shape index (κ3) is 5.64. The fourth-order valence-electron chi connectivity index (χ4n) is 3.71. The maximum Gasteiger partial charge on any atom is 0.233 e. The molecule has 0 aliphatic heterocycles. The predicted octanol–water partition coefficient (Wildman–Crippen LogP) is 3.15. The number of ketones is 1. The van der Waals surface area contributed by atoms with E-state index in [1.807, 2.05) is 37.1 Å². The quantitative estimate of drug-likeness (QED) is 0.291. The molecule has 0 atom stereocenters. The molecule has 0 saturated carbocycles. The number of aryl methyl sites for hydroxylation is 1. The van der Waals surface area contributed by atoms with E-state index in [0.29, 0.717) is 46.8 Å². The van der Waals surface area contributed by atoms with Crippen molar-refractivity contribution in [3.63, 3.8) is 0 Å². The summed E-state index contributed by atoms with van der Waals surface area (Å²) in [7, 11) is 5.24. The number of rotatable bonds is 11. The van der Waals surface area contributed by atoms with Crippen LogP contribution in [0.15, 0.2) is 48.9 Å². The largest absolute Gasteiger partial charge is 0.494 e. The van der Waals surface area contributed by atoms with Gasteiger partial charge in [0.25, 0.3) is 0 Å². The zero-order valence-electron chi connectivity index (χ0n) is 21.0. The molecule has 192 valence electrons. The Morgan fingerprint density at radius 1 is 1.14 bits per heavy atom. The topological polar surface area (TPSA) is 140 Å². The lowest BCUT2D eigenvalue weighted by molar-refractivity contribution is 0.0988. The van der Waals surface area contributed by atoms with Gasteiger partial charge >= 0.3 is 0 Å². The van der Waals surface area contributed by atoms with Crippen molar-refractivity contribution in [2.75, 3.05) is 37.6 Å². The number of anilines is 4. The Morgan fingerprint density at radius 3 is 2.62 bits per heavy atom. The van der Waals surface area contributed by atoms with Crippen molar-refractivity contribution in [2.24, 2.45) is 7.05 Å². The van der Waals surface area contributed by atoms with Gasteiger partial charge in [0.2, 0.25) is 5.88 Å². The van der Waals surface area contributed by atoms with Gasteiger partial charge in [0.15, 0.2) is 23.2 Å². The fourth-order valence-corrected chi connectivity index (χ4v) is 3.71. The summed E-state index contributed by atoms with van der Waals surface area (Å²) in [5, 5.41) is 24.4. The summed E-state index contributed by atoms with van der Waals surface area (Å²) in [5.41, 5.74) is 2.55. The highest BCUT2D eigenvalue weighted by atomic mass is 16.5. The lowest BCUT2D eigenvalue weighted by Crippen LogP contribution is -2.16. The molecule has 4 aromatic rings. The van der Waals surface area contributed by atoms with Crippen molar-refractivity contribution in [3.8, 4) is 23.0 Å². The highest BCUT2D eigenvalue weighted by Crippen LogP contribution is 2.40. The first kappa shape index (κ1) is 25.5. The van der Waals surface area contributed by atoms with E-state index in [1.54, 1.807) is 49.6 Å². The van der Waals surface area contributed by atoms with Crippen molar-refractivity contribution >= 4 is 28.8 Å². The Hall–Kier alpha value is -4.58. The van der Waals surface area contributed by atoms with E-state index in [-0.39, 0.29) is 19.0 Å². The van der Waals surface area contributed by atoms with Crippen molar-refractivity contribution in [2.45, 2.75) is 13.3 Å². The van der Waals surface area contributed by atoms with Gasteiger partial charge in [-0.2, -0.15) is 5.10 Å². The SMILES string of the molecule is CCC(=O)c1cnc(Nc2ccc(OCCO)nn2)cc1N(C)c1cccc(-c2ncn(C)n2)c1OC. The molecule has 12 nitrogen and oxygen atoms in total. The summed E-state index contributed by atoms with van der Waals surface area (Å²) in [6.45, 7) is 1.83. The fraction of sp³-hybridized carbons (Fsp3) is 0.280. The Kier molecular flexibility index (Phi) is 7.89. The monoisotopic (exact) mass is 504 g/mol. The van der Waals surface area contributed by atoms with Crippen LogP contribution in [0.5, 0.6) is 11.6 Å². The van der Waals surface area contributed by atoms with Crippen molar-refractivity contribution in [1.82, 2.24) is 29.9 Å². The molecule has 0 spiro atoms. The maximum absolute atomic E-state index is 12.8. The van der Waals surface area contributed by atoms with E-state index in [2.05, 4.69) is 30.6 Å². The number of nitrogens with one attached hydrogen (secondary N) is 1. The number of aliphatic hydroxyl groups is 1. The minimum Gasteiger partial charge on any atom is -0.494 e. The molecule has 37 heavy (non-hydrogen) atoms. The van der Waals surface area contributed by atoms with E-state index in [4.69, 9.17) is 14.6 Å². The molecule has 4 rings (SSSR count). The summed E-state index contributed by atoms with van der Waals surface area (Å²) in [6.07, 6.45) is 3.49. The number of aliphatic hydroxyl groups excluding tert-OH is 1. The summed E-state index contributed by atoms with van der Waals surface area (Å²) in [6, 6.07) is 10.8. The first-order valence-corrected chi connectivity index (χ1v) is 11.6. The Morgan fingerprint density at radius 2 is 1.97 bits per heavy atom. The van der Waals surface area contributed by atoms with Crippen molar-refractivity contribution in [1.29, 1.82) is 0 Å². The number of ether oxygens (including phenoxy) is 2. The number of hydrogen-bond acceptors (Lipinski definition) is 11. The summed E-state index contributed by atoms with van der Waals surface area (Å²) >= 11 is 0. The molecule has 0 bridgehead atoms. The molecule has 0 saturated heterocycles. The van der Waals surface area contributed by atoms with Crippen LogP contribution in [0, 0.1) is 0 Å². The van der Waals surface area contributed by atoms with Gasteiger partial charge in [-0.1, -0.05) is 13.0 Å². The second-order valence-corrected chi connectivity index (χ2v) is 7.98. The van der Waals surface area contributed by atoms with Gasteiger partial charge in [-0.3, -0.25) is 9.48 Å². The number of nitrogens with zero attached hydrogens (tertiary/aromatic N) is 7. The van der Waals surface area contributed by atoms with Crippen LogP contribution < -0.4 is 19.7 Å². The molecule has 0 unspecified atom stereocenters. The van der Waals surface area contributed by atoms with Crippen LogP contribution >= 0.6 is 0 Å². The van der Waals surface area contributed by atoms with E-state index in [0.717, 1.165) is 11.3 Å². The van der Waals surface area contributed by atoms with E-state index in [1.165, 1.54) is 0 Å². The Bertz CT molecular complexity index is 1370. The molecule has 0 aliphatic carbocycles. The first-order chi connectivity index (χ1) is 17.9. The number of carbonyl (C=O) groups is 1. The molecule has 3 heterocycles. The zero-order valence-corrected chi connectivity index (χ0v) is 21.0. The first-order valence-electron chi connectivity index (χ1n) is 11.6. The number of carbonyl (C=O) groups excluding carboxylic acids is 1. The number of benzene rings is 1. The van der Waals surface area contributed by atoms with Crippen LogP contribution in [0.1, 0.15) is 23.7 Å². The van der Waals surface area contributed by atoms with E-state index in [9.17, 15) is 4.79 Å². The smallest absolute Gasteiger partial charge is 0.233 e. The zero-order chi connectivity index (χ0) is 26.4. The van der Waals surface area contributed by atoms with Crippen molar-refractivity contribution < 1.29 is 19.4 Å². The van der Waals surface area contributed by atoms with Gasteiger partial charge in [0.1, 0.15) is 18.8 Å². The van der Waals surface area contributed by atoms with Gasteiger partial charge in [-0.15, -0.1) is 10.2 Å². The number of pyridine rings is 1. The van der Waals surface area contributed by atoms with Gasteiger partial charge < -0.3 is 24.8 Å². The number of Topliss-reactive ketones (excluding diaryl/α,β-unsaturated/α-hetero) is 1. The highest BCUT2D eigenvalue weighted by molar-refractivity contribution is 6.02. The molecule has 0 fully saturated rings. The number of para-hydroxylation sites is 1. The van der Waals surface area contributed by atoms with Crippen LogP contribution in [0.3, 0.4) is 0 Å². The molecule has 1 aromatic carbocycles. The molecule has 2 N–H and O–H groups in total. The van der Waals surface area contributed by atoms with Crippen LogP contribution in [0.2, 0.25) is 0 Å². The molecule has 12 heteroatoms. The molecule has 0 amide bonds. The van der Waals surface area contributed by atoms with Crippen LogP contribution in [0.25, 0.3) is 11.4 Å². The van der Waals surface area contributed by atoms with Crippen LogP contribution in [0.4, 0.5) is 23.0 Å². The lowest BCUT2D eigenvalue weighted by Gasteiger charge is -2.25. The number of methoxy groups -OCH3 is 1. The van der Waals surface area contributed by atoms with Crippen molar-refractivity contribution in [3.05, 3.63) is 54.5 Å². The minimum absolute atomic E-state index is 0.0485. The van der Waals surface area contributed by atoms with Gasteiger partial charge in [0, 0.05) is 38.8 Å². The number of aromatic nitrogens is 6. The normalized spacial score (nSPS) is 10.7. The Labute approximate surface area is 213 Å². The highest BCUT2D eigenvalue weighted by Gasteiger charge is 2.22. The summed E-state index contributed by atoms with van der Waals surface area (Å²) < 4.78 is 12.7. The molecule has 0 radical (unpaired) electrons. The third-order valence-corrected chi connectivity index (χ3v) is 5.50. The van der Waals surface area contributed by atoms with Gasteiger partial charge in [-0.05, 0) is 18.2 Å². The standard InChI is InChI=1S/C25H28N8O4/c1-5-20(35)17-14-26-22(28-21-9-10-23(30-29-21)37-12-11-34)13-19(17)33(3)18-8-6-7-16(24(18)36-4)25-27-15-32(2)31-25/h6-10,13-15,34H,5,11-12H2,1-4H3,(H,26,28,29). The van der Waals surface area contributed by atoms with E-state index >= 15 is 0 Å². The third-order valence-electron chi connectivity index (χ3n) is 5.50. The Balaban J connectivity index is 1.71. The second kappa shape index (κ2) is 11.4. The molecular weight excluding hydrogens is 476 g/mol. The second-order valence-electron chi connectivity index (χ2n) is 7.98. The molecular formula is C25H28N8O4. The lowest BCUT2D eigenvalue weighted by atomic mass is 10.1. The van der Waals surface area contributed by atoms with Gasteiger partial charge in [0.05, 0.1) is 36.2 Å². The predicted molar refractivity (Wildman–Crippen MR) is 138 cm³/mol. The minimum atomic E-state index is -0.114. The summed E-state index contributed by atoms with van der Waals surface area (Å²) in [5.74, 6) is 2.25. The summed E-state index contributed by atoms with van der Waals surface area (Å²) in [4.78, 5) is 23.5. The van der Waals surface area contributed by atoms with Crippen LogP contribution in [-0.4, -0.2) is 68.2 Å². The van der Waals surface area contributed by atoms with Crippen LogP contribution in [-0.2, 0) is 7.05 Å². The van der Waals surface area contributed by atoms with E-state index < -0.39 is 0 Å². The van der Waals surface area contributed by atoms with Gasteiger partial charge in [-0.25, -0.2) is 9.97 Å². The molecule has 0 aliphatic rings. The average molecular weight is 505 g/mol. The average Bonchev–Trinajstić information content (AvgIpc) is 3.37.